The van der Waals surface area contributed by atoms with Crippen LogP contribution in [0.1, 0.15) is 29.0 Å². The molecule has 9 heteroatoms. The van der Waals surface area contributed by atoms with Crippen molar-refractivity contribution in [1.29, 1.82) is 0 Å². The van der Waals surface area contributed by atoms with E-state index >= 15 is 0 Å². The van der Waals surface area contributed by atoms with Crippen LogP contribution in [0.25, 0.3) is 0 Å². The Morgan fingerprint density at radius 1 is 1.40 bits per heavy atom. The summed E-state index contributed by atoms with van der Waals surface area (Å²) in [5, 5.41) is 1.70. The van der Waals surface area contributed by atoms with Crippen LogP contribution in [-0.2, 0) is 16.0 Å². The highest BCUT2D eigenvalue weighted by atomic mass is 32.2. The molecule has 1 atom stereocenters. The zero-order valence-corrected chi connectivity index (χ0v) is 11.1. The average Bonchev–Trinajstić information content (AvgIpc) is 2.91. The van der Waals surface area contributed by atoms with Crippen LogP contribution in [0.5, 0.6) is 0 Å². The van der Waals surface area contributed by atoms with E-state index < -0.39 is 32.9 Å². The maximum absolute atomic E-state index is 12.4. The molecule has 0 bridgehead atoms. The first-order valence-corrected chi connectivity index (χ1v) is 7.67. The SMILES string of the molecule is O=C(NCC1CCCS1(=O)=O)c1ccc(C(F)(F)F)[nH]1. The summed E-state index contributed by atoms with van der Waals surface area (Å²) in [6.07, 6.45) is -3.54. The van der Waals surface area contributed by atoms with Gasteiger partial charge in [-0.05, 0) is 25.0 Å². The predicted octanol–water partition coefficient (Wildman–Crippen LogP) is 1.34. The first-order chi connectivity index (χ1) is 9.20. The van der Waals surface area contributed by atoms with Gasteiger partial charge in [-0.1, -0.05) is 0 Å². The number of carbonyl (C=O) groups excluding carboxylic acids is 1. The van der Waals surface area contributed by atoms with Gasteiger partial charge in [-0.3, -0.25) is 4.79 Å². The number of halogens is 3. The van der Waals surface area contributed by atoms with Crippen LogP contribution in [-0.4, -0.2) is 36.9 Å². The summed E-state index contributed by atoms with van der Waals surface area (Å²) in [7, 11) is -3.19. The lowest BCUT2D eigenvalue weighted by Crippen LogP contribution is -2.34. The molecule has 2 N–H and O–H groups in total. The summed E-state index contributed by atoms with van der Waals surface area (Å²) < 4.78 is 60.1. The van der Waals surface area contributed by atoms with E-state index in [4.69, 9.17) is 0 Å². The normalized spacial score (nSPS) is 21.9. The summed E-state index contributed by atoms with van der Waals surface area (Å²) in [4.78, 5) is 13.6. The highest BCUT2D eigenvalue weighted by Gasteiger charge is 2.34. The number of H-pyrrole nitrogens is 1. The van der Waals surface area contributed by atoms with E-state index in [0.29, 0.717) is 12.8 Å². The van der Waals surface area contributed by atoms with Crippen LogP contribution in [0.4, 0.5) is 13.2 Å². The third-order valence-electron chi connectivity index (χ3n) is 3.19. The van der Waals surface area contributed by atoms with Gasteiger partial charge in [0.1, 0.15) is 11.4 Å². The summed E-state index contributed by atoms with van der Waals surface area (Å²) in [6.45, 7) is -0.0818. The minimum absolute atomic E-state index is 0.0818. The summed E-state index contributed by atoms with van der Waals surface area (Å²) in [6, 6.07) is 1.78. The van der Waals surface area contributed by atoms with Gasteiger partial charge in [0.2, 0.25) is 0 Å². The van der Waals surface area contributed by atoms with Crippen LogP contribution >= 0.6 is 0 Å². The molecule has 1 unspecified atom stereocenters. The molecule has 1 aromatic rings. The van der Waals surface area contributed by atoms with Gasteiger partial charge in [0.25, 0.3) is 5.91 Å². The van der Waals surface area contributed by atoms with E-state index in [2.05, 4.69) is 5.32 Å². The number of alkyl halides is 3. The highest BCUT2D eigenvalue weighted by Crippen LogP contribution is 2.28. The number of nitrogens with one attached hydrogen (secondary N) is 2. The second-order valence-electron chi connectivity index (χ2n) is 4.62. The Morgan fingerprint density at radius 3 is 2.60 bits per heavy atom. The molecular formula is C11H13F3N2O3S. The second kappa shape index (κ2) is 5.12. The third kappa shape index (κ3) is 3.14. The maximum atomic E-state index is 12.4. The minimum atomic E-state index is -4.55. The molecule has 2 heterocycles. The zero-order valence-electron chi connectivity index (χ0n) is 10.3. The van der Waals surface area contributed by atoms with Crippen molar-refractivity contribution < 1.29 is 26.4 Å². The zero-order chi connectivity index (χ0) is 15.0. The lowest BCUT2D eigenvalue weighted by atomic mass is 10.2. The number of aromatic amines is 1. The maximum Gasteiger partial charge on any atom is 0.431 e. The minimum Gasteiger partial charge on any atom is -0.349 e. The Hall–Kier alpha value is -1.51. The number of aromatic nitrogens is 1. The van der Waals surface area contributed by atoms with Crippen LogP contribution in [0.3, 0.4) is 0 Å². The van der Waals surface area contributed by atoms with Gasteiger partial charge >= 0.3 is 6.18 Å². The Labute approximate surface area is 113 Å². The van der Waals surface area contributed by atoms with E-state index in [9.17, 15) is 26.4 Å². The van der Waals surface area contributed by atoms with Crippen molar-refractivity contribution >= 4 is 15.7 Å². The van der Waals surface area contributed by atoms with E-state index in [-0.39, 0.29) is 18.0 Å². The van der Waals surface area contributed by atoms with E-state index in [0.717, 1.165) is 12.1 Å². The summed E-state index contributed by atoms with van der Waals surface area (Å²) >= 11 is 0. The van der Waals surface area contributed by atoms with E-state index in [1.54, 1.807) is 0 Å². The van der Waals surface area contributed by atoms with Crippen LogP contribution < -0.4 is 5.32 Å². The third-order valence-corrected chi connectivity index (χ3v) is 5.46. The molecule has 0 aromatic carbocycles. The number of carbonyl (C=O) groups is 1. The summed E-state index contributed by atoms with van der Waals surface area (Å²) in [5.41, 5.74) is -1.26. The molecule has 0 radical (unpaired) electrons. The lowest BCUT2D eigenvalue weighted by Gasteiger charge is -2.10. The molecule has 1 fully saturated rings. The lowest BCUT2D eigenvalue weighted by molar-refractivity contribution is -0.140. The molecule has 0 aliphatic carbocycles. The topological polar surface area (TPSA) is 79.0 Å². The first-order valence-electron chi connectivity index (χ1n) is 5.96. The van der Waals surface area contributed by atoms with Crippen LogP contribution in [0.15, 0.2) is 12.1 Å². The Kier molecular flexibility index (Phi) is 3.81. The smallest absolute Gasteiger partial charge is 0.349 e. The molecular weight excluding hydrogens is 297 g/mol. The van der Waals surface area contributed by atoms with Crippen molar-refractivity contribution in [3.8, 4) is 0 Å². The second-order valence-corrected chi connectivity index (χ2v) is 7.03. The number of rotatable bonds is 3. The van der Waals surface area contributed by atoms with Crippen molar-refractivity contribution in [3.63, 3.8) is 0 Å². The molecule has 0 spiro atoms. The molecule has 1 aliphatic rings. The van der Waals surface area contributed by atoms with E-state index in [1.807, 2.05) is 4.98 Å². The van der Waals surface area contributed by atoms with Gasteiger partial charge in [-0.15, -0.1) is 0 Å². The molecule has 20 heavy (non-hydrogen) atoms. The molecule has 1 amide bonds. The molecule has 1 saturated heterocycles. The Morgan fingerprint density at radius 2 is 2.10 bits per heavy atom. The van der Waals surface area contributed by atoms with Gasteiger partial charge in [0.15, 0.2) is 9.84 Å². The first kappa shape index (κ1) is 14.9. The van der Waals surface area contributed by atoms with Crippen molar-refractivity contribution in [2.45, 2.75) is 24.3 Å². The highest BCUT2D eigenvalue weighted by molar-refractivity contribution is 7.92. The van der Waals surface area contributed by atoms with Crippen LogP contribution in [0, 0.1) is 0 Å². The molecule has 0 saturated carbocycles. The fourth-order valence-electron chi connectivity index (χ4n) is 2.08. The van der Waals surface area contributed by atoms with Crippen molar-refractivity contribution in [2.75, 3.05) is 12.3 Å². The van der Waals surface area contributed by atoms with Crippen molar-refractivity contribution in [3.05, 3.63) is 23.5 Å². The summed E-state index contributed by atoms with van der Waals surface area (Å²) in [5.74, 6) is -0.656. The number of hydrogen-bond donors (Lipinski definition) is 2. The molecule has 1 aromatic heterocycles. The van der Waals surface area contributed by atoms with Gasteiger partial charge in [0.05, 0.1) is 11.0 Å². The molecule has 5 nitrogen and oxygen atoms in total. The Bertz CT molecular complexity index is 607. The van der Waals surface area contributed by atoms with E-state index in [1.165, 1.54) is 0 Å². The fourth-order valence-corrected chi connectivity index (χ4v) is 3.85. The molecule has 112 valence electrons. The monoisotopic (exact) mass is 310 g/mol. The largest absolute Gasteiger partial charge is 0.431 e. The fraction of sp³-hybridized carbons (Fsp3) is 0.545. The predicted molar refractivity (Wildman–Crippen MR) is 64.9 cm³/mol. The van der Waals surface area contributed by atoms with Gasteiger partial charge in [0, 0.05) is 6.54 Å². The number of sulfone groups is 1. The quantitative estimate of drug-likeness (QED) is 0.884. The number of hydrogen-bond acceptors (Lipinski definition) is 3. The van der Waals surface area contributed by atoms with Gasteiger partial charge < -0.3 is 10.3 Å². The van der Waals surface area contributed by atoms with Crippen molar-refractivity contribution in [1.82, 2.24) is 10.3 Å². The van der Waals surface area contributed by atoms with Gasteiger partial charge in [-0.25, -0.2) is 8.42 Å². The number of amides is 1. The van der Waals surface area contributed by atoms with Gasteiger partial charge in [-0.2, -0.15) is 13.2 Å². The van der Waals surface area contributed by atoms with Crippen LogP contribution in [0.2, 0.25) is 0 Å². The molecule has 1 aliphatic heterocycles. The Balaban J connectivity index is 1.97. The standard InChI is InChI=1S/C11H13F3N2O3S/c12-11(13,14)9-4-3-8(16-9)10(17)15-6-7-2-1-5-20(7,18)19/h3-4,7,16H,1-2,5-6H2,(H,15,17). The van der Waals surface area contributed by atoms with Crippen molar-refractivity contribution in [2.24, 2.45) is 0 Å². The molecule has 2 rings (SSSR count). The average molecular weight is 310 g/mol.